The number of ether oxygens (including phenoxy) is 1. The summed E-state index contributed by atoms with van der Waals surface area (Å²) >= 11 is 0. The molecule has 4 aromatic rings. The van der Waals surface area contributed by atoms with E-state index in [4.69, 9.17) is 15.0 Å². The molecule has 0 fully saturated rings. The number of fused-ring (bicyclic) bond motifs is 1. The maximum Gasteiger partial charge on any atom is 0.215 e. The van der Waals surface area contributed by atoms with E-state index in [1.807, 2.05) is 73.1 Å². The van der Waals surface area contributed by atoms with E-state index in [-0.39, 0.29) is 0 Å². The molecule has 2 heterocycles. The lowest BCUT2D eigenvalue weighted by molar-refractivity contribution is 0.294. The van der Waals surface area contributed by atoms with Crippen molar-refractivity contribution >= 4 is 11.0 Å². The van der Waals surface area contributed by atoms with E-state index in [1.54, 1.807) is 6.07 Å². The van der Waals surface area contributed by atoms with E-state index < -0.39 is 0 Å². The van der Waals surface area contributed by atoms with Crippen LogP contribution in [0.2, 0.25) is 0 Å². The van der Waals surface area contributed by atoms with Crippen LogP contribution in [0.4, 0.5) is 0 Å². The Morgan fingerprint density at radius 3 is 2.63 bits per heavy atom. The smallest absolute Gasteiger partial charge is 0.215 e. The Morgan fingerprint density at radius 1 is 1.04 bits per heavy atom. The lowest BCUT2D eigenvalue weighted by Gasteiger charge is -2.09. The van der Waals surface area contributed by atoms with Gasteiger partial charge in [0, 0.05) is 11.5 Å². The first-order valence-electron chi connectivity index (χ1n) is 8.70. The molecule has 0 bridgehead atoms. The van der Waals surface area contributed by atoms with Crippen molar-refractivity contribution in [3.05, 3.63) is 83.0 Å². The summed E-state index contributed by atoms with van der Waals surface area (Å²) in [7, 11) is 0. The first kappa shape index (κ1) is 16.8. The second-order valence-corrected chi connectivity index (χ2v) is 6.41. The van der Waals surface area contributed by atoms with Gasteiger partial charge in [0.05, 0.1) is 23.0 Å². The zero-order chi connectivity index (χ0) is 18.8. The minimum atomic E-state index is 0.353. The van der Waals surface area contributed by atoms with Gasteiger partial charge in [0.2, 0.25) is 5.88 Å². The molecule has 132 valence electrons. The molecule has 0 aliphatic carbocycles. The fraction of sp³-hybridized carbons (Fsp3) is 0.136. The average Bonchev–Trinajstić information content (AvgIpc) is 3.04. The average molecular weight is 354 g/mol. The molecule has 0 unspecified atom stereocenters. The van der Waals surface area contributed by atoms with Crippen molar-refractivity contribution < 1.29 is 4.74 Å². The van der Waals surface area contributed by atoms with Crippen LogP contribution in [-0.2, 0) is 6.61 Å². The van der Waals surface area contributed by atoms with Crippen molar-refractivity contribution in [2.45, 2.75) is 20.5 Å². The van der Waals surface area contributed by atoms with Crippen LogP contribution in [0, 0.1) is 25.2 Å². The number of rotatable bonds is 4. The molecule has 2 aromatic carbocycles. The van der Waals surface area contributed by atoms with Gasteiger partial charge in [0.1, 0.15) is 6.61 Å². The van der Waals surface area contributed by atoms with E-state index >= 15 is 0 Å². The SMILES string of the molecule is Cc1cc(OCc2cccc(C#N)c2)nc2c1c(C)nn2-c1ccccc1. The summed E-state index contributed by atoms with van der Waals surface area (Å²) < 4.78 is 7.77. The quantitative estimate of drug-likeness (QED) is 0.542. The van der Waals surface area contributed by atoms with Crippen LogP contribution in [0.25, 0.3) is 16.7 Å². The molecule has 0 saturated carbocycles. The fourth-order valence-electron chi connectivity index (χ4n) is 3.19. The molecule has 2 aromatic heterocycles. The second kappa shape index (κ2) is 6.93. The Kier molecular flexibility index (Phi) is 4.31. The Hall–Kier alpha value is -3.65. The zero-order valence-corrected chi connectivity index (χ0v) is 15.2. The Morgan fingerprint density at radius 2 is 1.85 bits per heavy atom. The minimum absolute atomic E-state index is 0.353. The first-order chi connectivity index (χ1) is 13.2. The van der Waals surface area contributed by atoms with E-state index in [0.29, 0.717) is 18.1 Å². The standard InChI is InChI=1S/C22H18N4O/c1-15-11-20(27-14-18-8-6-7-17(12-18)13-23)24-22-21(15)16(2)25-26(22)19-9-4-3-5-10-19/h3-12H,14H2,1-2H3. The normalized spacial score (nSPS) is 10.7. The first-order valence-corrected chi connectivity index (χ1v) is 8.70. The van der Waals surface area contributed by atoms with Gasteiger partial charge in [-0.05, 0) is 49.2 Å². The highest BCUT2D eigenvalue weighted by Crippen LogP contribution is 2.27. The van der Waals surface area contributed by atoms with Crippen LogP contribution in [0.1, 0.15) is 22.4 Å². The zero-order valence-electron chi connectivity index (χ0n) is 15.2. The number of benzene rings is 2. The molecule has 27 heavy (non-hydrogen) atoms. The monoisotopic (exact) mass is 354 g/mol. The number of para-hydroxylation sites is 1. The van der Waals surface area contributed by atoms with Gasteiger partial charge in [-0.1, -0.05) is 30.3 Å². The van der Waals surface area contributed by atoms with Crippen molar-refractivity contribution in [3.8, 4) is 17.6 Å². The molecule has 0 aliphatic heterocycles. The second-order valence-electron chi connectivity index (χ2n) is 6.41. The van der Waals surface area contributed by atoms with Gasteiger partial charge in [-0.25, -0.2) is 4.68 Å². The van der Waals surface area contributed by atoms with Gasteiger partial charge in [0.25, 0.3) is 0 Å². The van der Waals surface area contributed by atoms with Gasteiger partial charge in [-0.2, -0.15) is 15.3 Å². The summed E-state index contributed by atoms with van der Waals surface area (Å²) in [5.74, 6) is 0.541. The third-order valence-corrected chi connectivity index (χ3v) is 4.43. The van der Waals surface area contributed by atoms with E-state index in [2.05, 4.69) is 11.2 Å². The minimum Gasteiger partial charge on any atom is -0.473 e. The number of aryl methyl sites for hydroxylation is 2. The fourth-order valence-corrected chi connectivity index (χ4v) is 3.19. The van der Waals surface area contributed by atoms with Crippen LogP contribution in [0.15, 0.2) is 60.7 Å². The van der Waals surface area contributed by atoms with E-state index in [0.717, 1.165) is 33.5 Å². The van der Waals surface area contributed by atoms with E-state index in [9.17, 15) is 0 Å². The summed E-state index contributed by atoms with van der Waals surface area (Å²) in [5.41, 5.74) is 5.29. The summed E-state index contributed by atoms with van der Waals surface area (Å²) in [4.78, 5) is 4.70. The summed E-state index contributed by atoms with van der Waals surface area (Å²) in [6.07, 6.45) is 0. The van der Waals surface area contributed by atoms with Crippen molar-refractivity contribution in [1.29, 1.82) is 5.26 Å². The molecular weight excluding hydrogens is 336 g/mol. The van der Waals surface area contributed by atoms with Gasteiger partial charge < -0.3 is 4.74 Å². The van der Waals surface area contributed by atoms with E-state index in [1.165, 1.54) is 0 Å². The van der Waals surface area contributed by atoms with Gasteiger partial charge in [-0.3, -0.25) is 0 Å². The predicted octanol–water partition coefficient (Wildman–Crippen LogP) is 4.49. The highest BCUT2D eigenvalue weighted by molar-refractivity contribution is 5.83. The number of aromatic nitrogens is 3. The third kappa shape index (κ3) is 3.25. The number of nitrogens with zero attached hydrogens (tertiary/aromatic N) is 4. The Balaban J connectivity index is 1.71. The molecular formula is C22H18N4O. The summed E-state index contributed by atoms with van der Waals surface area (Å²) in [6, 6.07) is 21.4. The molecule has 0 atom stereocenters. The lowest BCUT2D eigenvalue weighted by atomic mass is 10.1. The lowest BCUT2D eigenvalue weighted by Crippen LogP contribution is -2.01. The highest BCUT2D eigenvalue weighted by Gasteiger charge is 2.14. The van der Waals surface area contributed by atoms with Crippen LogP contribution in [0.5, 0.6) is 5.88 Å². The molecule has 5 heteroatoms. The van der Waals surface area contributed by atoms with Gasteiger partial charge in [-0.15, -0.1) is 0 Å². The molecule has 0 aliphatic rings. The number of pyridine rings is 1. The van der Waals surface area contributed by atoms with Gasteiger partial charge in [0.15, 0.2) is 5.65 Å². The third-order valence-electron chi connectivity index (χ3n) is 4.43. The van der Waals surface area contributed by atoms with Crippen LogP contribution >= 0.6 is 0 Å². The number of nitriles is 1. The van der Waals surface area contributed by atoms with Crippen molar-refractivity contribution in [2.24, 2.45) is 0 Å². The maximum atomic E-state index is 9.03. The molecule has 5 nitrogen and oxygen atoms in total. The predicted molar refractivity (Wildman–Crippen MR) is 104 cm³/mol. The summed E-state index contributed by atoms with van der Waals surface area (Å²) in [6.45, 7) is 4.38. The van der Waals surface area contributed by atoms with Crippen molar-refractivity contribution in [2.75, 3.05) is 0 Å². The van der Waals surface area contributed by atoms with Crippen LogP contribution in [0.3, 0.4) is 0 Å². The molecule has 0 radical (unpaired) electrons. The highest BCUT2D eigenvalue weighted by atomic mass is 16.5. The molecule has 0 N–H and O–H groups in total. The Labute approximate surface area is 157 Å². The molecule has 4 rings (SSSR count). The topological polar surface area (TPSA) is 63.7 Å². The van der Waals surface area contributed by atoms with Gasteiger partial charge >= 0.3 is 0 Å². The van der Waals surface area contributed by atoms with Crippen LogP contribution in [-0.4, -0.2) is 14.8 Å². The Bertz CT molecular complexity index is 1160. The van der Waals surface area contributed by atoms with Crippen molar-refractivity contribution in [1.82, 2.24) is 14.8 Å². The van der Waals surface area contributed by atoms with Crippen LogP contribution < -0.4 is 4.74 Å². The molecule has 0 spiro atoms. The molecule has 0 saturated heterocycles. The molecule has 0 amide bonds. The number of hydrogen-bond acceptors (Lipinski definition) is 4. The van der Waals surface area contributed by atoms with Crippen molar-refractivity contribution in [3.63, 3.8) is 0 Å². The maximum absolute atomic E-state index is 9.03. The summed E-state index contributed by atoms with van der Waals surface area (Å²) in [5, 5.41) is 14.7. The largest absolute Gasteiger partial charge is 0.473 e. The number of hydrogen-bond donors (Lipinski definition) is 0.